The van der Waals surface area contributed by atoms with E-state index in [-0.39, 0.29) is 11.6 Å². The molecule has 0 fully saturated rings. The molecule has 0 saturated heterocycles. The molecule has 1 heterocycles. The highest BCUT2D eigenvalue weighted by Gasteiger charge is 2.12. The highest BCUT2D eigenvalue weighted by atomic mass is 32.1. The molecule has 5 heteroatoms. The van der Waals surface area contributed by atoms with E-state index >= 15 is 0 Å². The van der Waals surface area contributed by atoms with Gasteiger partial charge in [0.2, 0.25) is 0 Å². The summed E-state index contributed by atoms with van der Waals surface area (Å²) in [5.74, 6) is 0.644. The van der Waals surface area contributed by atoms with Crippen molar-refractivity contribution < 1.29 is 9.84 Å². The van der Waals surface area contributed by atoms with E-state index in [0.717, 1.165) is 11.4 Å². The molecule has 0 unspecified atom stereocenters. The van der Waals surface area contributed by atoms with E-state index in [1.807, 2.05) is 13.8 Å². The minimum atomic E-state index is 0.103. The fourth-order valence-corrected chi connectivity index (χ4v) is 1.70. The van der Waals surface area contributed by atoms with Crippen molar-refractivity contribution in [3.05, 3.63) is 23.0 Å². The van der Waals surface area contributed by atoms with Crippen LogP contribution in [0.2, 0.25) is 0 Å². The maximum absolute atomic E-state index is 8.69. The van der Waals surface area contributed by atoms with Gasteiger partial charge < -0.3 is 15.6 Å². The molecule has 4 nitrogen and oxygen atoms in total. The molecule has 88 valence electrons. The Hall–Kier alpha value is -1.20. The SMILES string of the molecule is Cc1cc(OCCCO)c(C(N)=S)c(C)n1. The molecule has 3 N–H and O–H groups in total. The van der Waals surface area contributed by atoms with Crippen LogP contribution in [0.5, 0.6) is 5.75 Å². The van der Waals surface area contributed by atoms with E-state index < -0.39 is 0 Å². The first-order valence-corrected chi connectivity index (χ1v) is 5.48. The molecule has 0 amide bonds. The lowest BCUT2D eigenvalue weighted by atomic mass is 10.1. The summed E-state index contributed by atoms with van der Waals surface area (Å²) < 4.78 is 5.53. The van der Waals surface area contributed by atoms with Crippen LogP contribution in [0.1, 0.15) is 23.4 Å². The number of aromatic nitrogens is 1. The second kappa shape index (κ2) is 5.77. The molecule has 0 aliphatic carbocycles. The van der Waals surface area contributed by atoms with Gasteiger partial charge in [-0.15, -0.1) is 0 Å². The lowest BCUT2D eigenvalue weighted by Crippen LogP contribution is -2.15. The van der Waals surface area contributed by atoms with E-state index in [4.69, 9.17) is 27.8 Å². The average Bonchev–Trinajstić information content (AvgIpc) is 2.16. The minimum Gasteiger partial charge on any atom is -0.493 e. The standard InChI is InChI=1S/C11H16N2O2S/c1-7-6-9(15-5-3-4-14)10(11(12)16)8(2)13-7/h6,14H,3-5H2,1-2H3,(H2,12,16). The molecular formula is C11H16N2O2S. The van der Waals surface area contributed by atoms with Gasteiger partial charge in [0.15, 0.2) is 0 Å². The van der Waals surface area contributed by atoms with Crippen LogP contribution in [0.3, 0.4) is 0 Å². The number of rotatable bonds is 5. The van der Waals surface area contributed by atoms with Crippen molar-refractivity contribution in [2.75, 3.05) is 13.2 Å². The summed E-state index contributed by atoms with van der Waals surface area (Å²) in [7, 11) is 0. The number of aliphatic hydroxyl groups is 1. The quantitative estimate of drug-likeness (QED) is 0.595. The summed E-state index contributed by atoms with van der Waals surface area (Å²) in [5.41, 5.74) is 7.94. The molecule has 0 radical (unpaired) electrons. The molecule has 16 heavy (non-hydrogen) atoms. The van der Waals surface area contributed by atoms with Crippen LogP contribution in [-0.2, 0) is 0 Å². The van der Waals surface area contributed by atoms with E-state index in [2.05, 4.69) is 4.98 Å². The molecule has 0 aromatic carbocycles. The molecule has 0 bridgehead atoms. The Bertz CT molecular complexity index is 394. The summed E-state index contributed by atoms with van der Waals surface area (Å²) in [6, 6.07) is 1.80. The van der Waals surface area contributed by atoms with Gasteiger partial charge in [-0.25, -0.2) is 0 Å². The van der Waals surface area contributed by atoms with Crippen LogP contribution in [0.25, 0.3) is 0 Å². The van der Waals surface area contributed by atoms with E-state index in [1.165, 1.54) is 0 Å². The molecule has 0 aliphatic heterocycles. The molecule has 1 aromatic heterocycles. The smallest absolute Gasteiger partial charge is 0.133 e. The average molecular weight is 240 g/mol. The van der Waals surface area contributed by atoms with Crippen molar-refractivity contribution in [2.24, 2.45) is 5.73 Å². The monoisotopic (exact) mass is 240 g/mol. The summed E-state index contributed by atoms with van der Waals surface area (Å²) in [4.78, 5) is 4.57. The zero-order valence-electron chi connectivity index (χ0n) is 9.49. The van der Waals surface area contributed by atoms with Crippen molar-refractivity contribution in [1.82, 2.24) is 4.98 Å². The molecule has 0 atom stereocenters. The summed E-state index contributed by atoms with van der Waals surface area (Å²) in [5, 5.41) is 8.69. The highest BCUT2D eigenvalue weighted by molar-refractivity contribution is 7.80. The Kier molecular flexibility index (Phi) is 4.64. The van der Waals surface area contributed by atoms with Crippen LogP contribution < -0.4 is 10.5 Å². The lowest BCUT2D eigenvalue weighted by Gasteiger charge is -2.13. The number of hydrogen-bond acceptors (Lipinski definition) is 4. The summed E-state index contributed by atoms with van der Waals surface area (Å²) in [6.07, 6.45) is 0.581. The molecule has 0 saturated carbocycles. The van der Waals surface area contributed by atoms with Crippen molar-refractivity contribution in [3.63, 3.8) is 0 Å². The highest BCUT2D eigenvalue weighted by Crippen LogP contribution is 2.22. The van der Waals surface area contributed by atoms with Crippen LogP contribution in [0, 0.1) is 13.8 Å². The Morgan fingerprint density at radius 2 is 2.25 bits per heavy atom. The second-order valence-electron chi connectivity index (χ2n) is 3.51. The molecule has 0 aliphatic rings. The summed E-state index contributed by atoms with van der Waals surface area (Å²) >= 11 is 4.97. The van der Waals surface area contributed by atoms with Gasteiger partial charge >= 0.3 is 0 Å². The fourth-order valence-electron chi connectivity index (χ4n) is 1.45. The third-order valence-corrected chi connectivity index (χ3v) is 2.30. The van der Waals surface area contributed by atoms with E-state index in [1.54, 1.807) is 6.07 Å². The first-order valence-electron chi connectivity index (χ1n) is 5.08. The Labute approximate surface area is 100 Å². The largest absolute Gasteiger partial charge is 0.493 e. The maximum atomic E-state index is 8.69. The minimum absolute atomic E-state index is 0.103. The number of aliphatic hydroxyl groups excluding tert-OH is 1. The van der Waals surface area contributed by atoms with Gasteiger partial charge in [-0.3, -0.25) is 4.98 Å². The Balaban J connectivity index is 2.99. The normalized spacial score (nSPS) is 10.2. The van der Waals surface area contributed by atoms with Gasteiger partial charge in [0.05, 0.1) is 17.9 Å². The predicted molar refractivity (Wildman–Crippen MR) is 66.8 cm³/mol. The van der Waals surface area contributed by atoms with Crippen molar-refractivity contribution in [1.29, 1.82) is 0 Å². The number of nitrogens with two attached hydrogens (primary N) is 1. The van der Waals surface area contributed by atoms with Crippen LogP contribution in [0.15, 0.2) is 6.07 Å². The zero-order valence-corrected chi connectivity index (χ0v) is 10.3. The number of aryl methyl sites for hydroxylation is 2. The van der Waals surface area contributed by atoms with Crippen LogP contribution in [-0.4, -0.2) is 28.3 Å². The van der Waals surface area contributed by atoms with Gasteiger partial charge in [0, 0.05) is 24.8 Å². The Morgan fingerprint density at radius 1 is 1.56 bits per heavy atom. The van der Waals surface area contributed by atoms with Crippen molar-refractivity contribution >= 4 is 17.2 Å². The number of pyridine rings is 1. The van der Waals surface area contributed by atoms with E-state index in [0.29, 0.717) is 24.3 Å². The number of ether oxygens (including phenoxy) is 1. The van der Waals surface area contributed by atoms with Gasteiger partial charge in [-0.1, -0.05) is 12.2 Å². The van der Waals surface area contributed by atoms with Gasteiger partial charge in [-0.05, 0) is 13.8 Å². The van der Waals surface area contributed by atoms with Crippen LogP contribution >= 0.6 is 12.2 Å². The summed E-state index contributed by atoms with van der Waals surface area (Å²) in [6.45, 7) is 4.27. The molecular weight excluding hydrogens is 224 g/mol. The van der Waals surface area contributed by atoms with Gasteiger partial charge in [-0.2, -0.15) is 0 Å². The van der Waals surface area contributed by atoms with Crippen molar-refractivity contribution in [3.8, 4) is 5.75 Å². The number of nitrogens with zero attached hydrogens (tertiary/aromatic N) is 1. The van der Waals surface area contributed by atoms with Gasteiger partial charge in [0.1, 0.15) is 10.7 Å². The fraction of sp³-hybridized carbons (Fsp3) is 0.455. The second-order valence-corrected chi connectivity index (χ2v) is 3.95. The lowest BCUT2D eigenvalue weighted by molar-refractivity contribution is 0.233. The third-order valence-electron chi connectivity index (χ3n) is 2.10. The number of hydrogen-bond donors (Lipinski definition) is 2. The first kappa shape index (κ1) is 12.9. The van der Waals surface area contributed by atoms with Gasteiger partial charge in [0.25, 0.3) is 0 Å². The molecule has 0 spiro atoms. The first-order chi connectivity index (χ1) is 7.56. The number of thiocarbonyl (C=S) groups is 1. The van der Waals surface area contributed by atoms with Crippen LogP contribution in [0.4, 0.5) is 0 Å². The third kappa shape index (κ3) is 3.15. The predicted octanol–water partition coefficient (Wildman–Crippen LogP) is 1.09. The van der Waals surface area contributed by atoms with Crippen molar-refractivity contribution in [2.45, 2.75) is 20.3 Å². The topological polar surface area (TPSA) is 68.4 Å². The Morgan fingerprint density at radius 3 is 2.81 bits per heavy atom. The zero-order chi connectivity index (χ0) is 12.1. The maximum Gasteiger partial charge on any atom is 0.133 e. The van der Waals surface area contributed by atoms with E-state index in [9.17, 15) is 0 Å². The molecule has 1 aromatic rings. The molecule has 1 rings (SSSR count).